The zero-order valence-corrected chi connectivity index (χ0v) is 12.8. The smallest absolute Gasteiger partial charge is 0.334 e. The van der Waals surface area contributed by atoms with Crippen molar-refractivity contribution in [1.29, 1.82) is 0 Å². The monoisotopic (exact) mass is 311 g/mol. The minimum atomic E-state index is -0.643. The molecule has 0 radical (unpaired) electrons. The van der Waals surface area contributed by atoms with Crippen molar-refractivity contribution in [2.24, 2.45) is 4.99 Å². The Morgan fingerprint density at radius 3 is 2.95 bits per heavy atom. The van der Waals surface area contributed by atoms with Crippen molar-refractivity contribution in [1.82, 2.24) is 0 Å². The fraction of sp³-hybridized carbons (Fsp3) is 0.571. The van der Waals surface area contributed by atoms with Crippen LogP contribution in [0.3, 0.4) is 0 Å². The summed E-state index contributed by atoms with van der Waals surface area (Å²) in [6, 6.07) is 3.47. The van der Waals surface area contributed by atoms with E-state index in [0.717, 1.165) is 9.75 Å². The number of rotatable bonds is 4. The van der Waals surface area contributed by atoms with Gasteiger partial charge in [-0.25, -0.2) is 9.79 Å². The van der Waals surface area contributed by atoms with Crippen molar-refractivity contribution in [2.45, 2.75) is 25.2 Å². The summed E-state index contributed by atoms with van der Waals surface area (Å²) in [5.41, 5.74) is 0. The maximum Gasteiger partial charge on any atom is 0.334 e. The number of esters is 1. The van der Waals surface area contributed by atoms with Gasteiger partial charge in [-0.15, -0.1) is 11.3 Å². The summed E-state index contributed by atoms with van der Waals surface area (Å²) in [5, 5.41) is 0. The molecule has 1 aromatic rings. The molecule has 1 aromatic heterocycles. The third-order valence-corrected chi connectivity index (χ3v) is 4.72. The molecule has 0 spiro atoms. The summed E-state index contributed by atoms with van der Waals surface area (Å²) in [7, 11) is 1.35. The summed E-state index contributed by atoms with van der Waals surface area (Å²) >= 11 is 1.60. The van der Waals surface area contributed by atoms with Crippen molar-refractivity contribution in [3.8, 4) is 0 Å². The van der Waals surface area contributed by atoms with Gasteiger partial charge in [0, 0.05) is 4.88 Å². The van der Waals surface area contributed by atoms with Gasteiger partial charge in [0.15, 0.2) is 11.9 Å². The summed E-state index contributed by atoms with van der Waals surface area (Å²) in [6.07, 6.45) is 0.564. The molecule has 6 nitrogen and oxygen atoms in total. The molecule has 0 aliphatic carbocycles. The van der Waals surface area contributed by atoms with Crippen LogP contribution in [0, 0.1) is 0 Å². The van der Waals surface area contributed by atoms with Crippen molar-refractivity contribution in [3.05, 3.63) is 21.9 Å². The van der Waals surface area contributed by atoms with E-state index >= 15 is 0 Å². The SMILES string of the molecule is COC(=O)[C@@H]1COC(Cc2ccc(C3(C)OCCO3)s2)=N1. The summed E-state index contributed by atoms with van der Waals surface area (Å²) in [6.45, 7) is 3.40. The van der Waals surface area contributed by atoms with E-state index in [4.69, 9.17) is 14.2 Å². The largest absolute Gasteiger partial charge is 0.478 e. The van der Waals surface area contributed by atoms with Gasteiger partial charge in [-0.2, -0.15) is 0 Å². The molecule has 0 bridgehead atoms. The molecule has 1 fully saturated rings. The highest BCUT2D eigenvalue weighted by atomic mass is 32.1. The Labute approximate surface area is 126 Å². The van der Waals surface area contributed by atoms with Gasteiger partial charge in [0.2, 0.25) is 5.79 Å². The topological polar surface area (TPSA) is 66.4 Å². The molecule has 1 saturated heterocycles. The highest BCUT2D eigenvalue weighted by Gasteiger charge is 2.35. The number of hydrogen-bond acceptors (Lipinski definition) is 7. The summed E-state index contributed by atoms with van der Waals surface area (Å²) in [5.74, 6) is -0.440. The molecule has 21 heavy (non-hydrogen) atoms. The quantitative estimate of drug-likeness (QED) is 0.788. The van der Waals surface area contributed by atoms with Crippen LogP contribution in [0.5, 0.6) is 0 Å². The first-order valence-electron chi connectivity index (χ1n) is 6.75. The van der Waals surface area contributed by atoms with Gasteiger partial charge in [-0.3, -0.25) is 0 Å². The van der Waals surface area contributed by atoms with Gasteiger partial charge < -0.3 is 18.9 Å². The lowest BCUT2D eigenvalue weighted by atomic mass is 10.2. The van der Waals surface area contributed by atoms with Gasteiger partial charge >= 0.3 is 5.97 Å². The number of ether oxygens (including phenoxy) is 4. The summed E-state index contributed by atoms with van der Waals surface area (Å²) in [4.78, 5) is 17.8. The lowest BCUT2D eigenvalue weighted by Gasteiger charge is -2.20. The number of thiophene rings is 1. The van der Waals surface area contributed by atoms with Crippen molar-refractivity contribution in [3.63, 3.8) is 0 Å². The van der Waals surface area contributed by atoms with E-state index in [1.165, 1.54) is 7.11 Å². The highest BCUT2D eigenvalue weighted by molar-refractivity contribution is 7.12. The molecule has 1 atom stereocenters. The Kier molecular flexibility index (Phi) is 3.97. The average Bonchev–Trinajstić information content (AvgIpc) is 3.19. The first kappa shape index (κ1) is 14.5. The second-order valence-corrected chi connectivity index (χ2v) is 6.13. The molecule has 114 valence electrons. The molecule has 2 aliphatic heterocycles. The second-order valence-electron chi connectivity index (χ2n) is 4.96. The van der Waals surface area contributed by atoms with Crippen LogP contribution in [-0.2, 0) is 35.9 Å². The van der Waals surface area contributed by atoms with Crippen LogP contribution in [0.1, 0.15) is 16.7 Å². The van der Waals surface area contributed by atoms with E-state index in [2.05, 4.69) is 9.73 Å². The normalized spacial score (nSPS) is 23.7. The van der Waals surface area contributed by atoms with E-state index in [1.54, 1.807) is 11.3 Å². The average molecular weight is 311 g/mol. The Morgan fingerprint density at radius 1 is 1.48 bits per heavy atom. The van der Waals surface area contributed by atoms with Gasteiger partial charge in [-0.1, -0.05) is 0 Å². The summed E-state index contributed by atoms with van der Waals surface area (Å²) < 4.78 is 21.4. The van der Waals surface area contributed by atoms with E-state index < -0.39 is 11.8 Å². The zero-order valence-electron chi connectivity index (χ0n) is 12.0. The predicted octanol–water partition coefficient (Wildman–Crippen LogP) is 1.48. The molecule has 0 unspecified atom stereocenters. The van der Waals surface area contributed by atoms with Crippen LogP contribution in [0.25, 0.3) is 0 Å². The molecule has 3 heterocycles. The third-order valence-electron chi connectivity index (χ3n) is 3.45. The van der Waals surface area contributed by atoms with Crippen LogP contribution < -0.4 is 0 Å². The first-order valence-corrected chi connectivity index (χ1v) is 7.57. The number of aliphatic imine (C=N–C) groups is 1. The lowest BCUT2D eigenvalue weighted by Crippen LogP contribution is -2.21. The van der Waals surface area contributed by atoms with Gasteiger partial charge in [0.25, 0.3) is 0 Å². The molecular weight excluding hydrogens is 294 g/mol. The standard InChI is InChI=1S/C14H17NO5S/c1-14(19-5-6-20-14)11-4-3-9(21-11)7-12-15-10(8-18-12)13(16)17-2/h3-4,10H,5-8H2,1-2H3/t10-/m0/s1. The number of carbonyl (C=O) groups is 1. The second kappa shape index (κ2) is 5.75. The fourth-order valence-corrected chi connectivity index (χ4v) is 3.35. The Morgan fingerprint density at radius 2 is 2.24 bits per heavy atom. The molecule has 3 rings (SSSR count). The van der Waals surface area contributed by atoms with E-state index in [9.17, 15) is 4.79 Å². The Balaban J connectivity index is 1.67. The van der Waals surface area contributed by atoms with E-state index in [0.29, 0.717) is 25.5 Å². The third kappa shape index (κ3) is 2.95. The fourth-order valence-electron chi connectivity index (χ4n) is 2.30. The van der Waals surface area contributed by atoms with Crippen molar-refractivity contribution in [2.75, 3.05) is 26.9 Å². The minimum absolute atomic E-state index is 0.254. The minimum Gasteiger partial charge on any atom is -0.478 e. The maximum absolute atomic E-state index is 11.4. The van der Waals surface area contributed by atoms with Gasteiger partial charge in [0.05, 0.1) is 31.6 Å². The maximum atomic E-state index is 11.4. The predicted molar refractivity (Wildman–Crippen MR) is 76.5 cm³/mol. The van der Waals surface area contributed by atoms with Crippen molar-refractivity contribution >= 4 is 23.2 Å². The van der Waals surface area contributed by atoms with Crippen LogP contribution in [0.4, 0.5) is 0 Å². The van der Waals surface area contributed by atoms with Crippen molar-refractivity contribution < 1.29 is 23.7 Å². The molecule has 2 aliphatic rings. The number of hydrogen-bond donors (Lipinski definition) is 0. The first-order chi connectivity index (χ1) is 10.1. The van der Waals surface area contributed by atoms with Crippen LogP contribution >= 0.6 is 11.3 Å². The number of methoxy groups -OCH3 is 1. The van der Waals surface area contributed by atoms with Gasteiger partial charge in [-0.05, 0) is 19.1 Å². The van der Waals surface area contributed by atoms with E-state index in [1.807, 2.05) is 19.1 Å². The molecule has 0 aromatic carbocycles. The van der Waals surface area contributed by atoms with Crippen LogP contribution in [0.2, 0.25) is 0 Å². The zero-order chi connectivity index (χ0) is 14.9. The van der Waals surface area contributed by atoms with Gasteiger partial charge in [0.1, 0.15) is 6.61 Å². The van der Waals surface area contributed by atoms with Crippen LogP contribution in [-0.4, -0.2) is 44.8 Å². The Bertz CT molecular complexity index is 561. The molecule has 0 amide bonds. The molecule has 0 N–H and O–H groups in total. The number of carbonyl (C=O) groups excluding carboxylic acids is 1. The van der Waals surface area contributed by atoms with Crippen LogP contribution in [0.15, 0.2) is 17.1 Å². The lowest BCUT2D eigenvalue weighted by molar-refractivity contribution is -0.147. The molecule has 7 heteroatoms. The van der Waals surface area contributed by atoms with E-state index in [-0.39, 0.29) is 12.6 Å². The number of nitrogens with zero attached hydrogens (tertiary/aromatic N) is 1. The highest BCUT2D eigenvalue weighted by Crippen LogP contribution is 2.35. The Hall–Kier alpha value is -1.44. The molecular formula is C14H17NO5S. The molecule has 0 saturated carbocycles.